The Morgan fingerprint density at radius 3 is 2.67 bits per heavy atom. The van der Waals surface area contributed by atoms with Crippen LogP contribution in [0.5, 0.6) is 0 Å². The molecule has 0 N–H and O–H groups in total. The Bertz CT molecular complexity index is 824. The summed E-state index contributed by atoms with van der Waals surface area (Å²) in [5.41, 5.74) is 4.23. The summed E-state index contributed by atoms with van der Waals surface area (Å²) in [5.74, 6) is 0.449. The Morgan fingerprint density at radius 1 is 1.24 bits per heavy atom. The van der Waals surface area contributed by atoms with Crippen molar-refractivity contribution in [1.82, 2.24) is 14.5 Å². The van der Waals surface area contributed by atoms with Crippen LogP contribution in [0.1, 0.15) is 29.3 Å². The van der Waals surface area contributed by atoms with E-state index in [-0.39, 0.29) is 11.2 Å². The molecule has 0 aliphatic heterocycles. The third-order valence-corrected chi connectivity index (χ3v) is 3.61. The number of halogens is 2. The van der Waals surface area contributed by atoms with Crippen molar-refractivity contribution in [1.29, 1.82) is 0 Å². The van der Waals surface area contributed by atoms with E-state index in [1.807, 2.05) is 31.4 Å². The van der Waals surface area contributed by atoms with Crippen LogP contribution in [0.25, 0.3) is 16.9 Å². The third kappa shape index (κ3) is 2.40. The van der Waals surface area contributed by atoms with Crippen LogP contribution in [0, 0.1) is 19.7 Å². The summed E-state index contributed by atoms with van der Waals surface area (Å²) in [6.07, 6.45) is 1.79. The number of hydrogen-bond donors (Lipinski definition) is 0. The number of alkyl halides is 1. The van der Waals surface area contributed by atoms with Gasteiger partial charge < -0.3 is 0 Å². The highest BCUT2D eigenvalue weighted by atomic mass is 35.5. The number of imidazole rings is 1. The molecule has 0 aliphatic carbocycles. The Morgan fingerprint density at radius 2 is 2.00 bits per heavy atom. The van der Waals surface area contributed by atoms with E-state index in [1.54, 1.807) is 12.3 Å². The molecule has 0 saturated carbocycles. The normalized spacial score (nSPS) is 12.8. The van der Waals surface area contributed by atoms with Crippen LogP contribution in [0.3, 0.4) is 0 Å². The molecule has 2 heterocycles. The molecule has 0 radical (unpaired) electrons. The lowest BCUT2D eigenvalue weighted by molar-refractivity contribution is 0.626. The van der Waals surface area contributed by atoms with Crippen LogP contribution in [-0.4, -0.2) is 14.5 Å². The number of benzene rings is 1. The van der Waals surface area contributed by atoms with Gasteiger partial charge in [-0.3, -0.25) is 4.57 Å². The third-order valence-electron chi connectivity index (χ3n) is 3.42. The molecule has 0 aliphatic rings. The highest BCUT2D eigenvalue weighted by Crippen LogP contribution is 2.29. The average molecular weight is 304 g/mol. The van der Waals surface area contributed by atoms with E-state index in [4.69, 9.17) is 11.6 Å². The number of nitrogens with zero attached hydrogens (tertiary/aromatic N) is 3. The van der Waals surface area contributed by atoms with Gasteiger partial charge in [-0.05, 0) is 56.2 Å². The standard InChI is InChI=1S/C16H15ClFN3/c1-9-6-13-16(19-8-9)21(15(20-13)11(3)17)14-5-4-12(18)7-10(14)2/h4-8,11H,1-3H3. The Kier molecular flexibility index (Phi) is 3.41. The Hall–Kier alpha value is -1.94. The molecule has 3 aromatic rings. The summed E-state index contributed by atoms with van der Waals surface area (Å²) in [7, 11) is 0. The zero-order valence-electron chi connectivity index (χ0n) is 12.1. The second-order valence-electron chi connectivity index (χ2n) is 5.21. The molecule has 108 valence electrons. The molecule has 1 aromatic carbocycles. The SMILES string of the molecule is Cc1cnc2c(c1)nc(C(C)Cl)n2-c1ccc(F)cc1C. The number of hydrogen-bond acceptors (Lipinski definition) is 2. The van der Waals surface area contributed by atoms with Crippen molar-refractivity contribution in [2.24, 2.45) is 0 Å². The fraction of sp³-hybridized carbons (Fsp3) is 0.250. The fourth-order valence-corrected chi connectivity index (χ4v) is 2.60. The van der Waals surface area contributed by atoms with Crippen molar-refractivity contribution in [2.45, 2.75) is 26.1 Å². The van der Waals surface area contributed by atoms with E-state index in [9.17, 15) is 4.39 Å². The maximum absolute atomic E-state index is 13.3. The van der Waals surface area contributed by atoms with Crippen molar-refractivity contribution in [2.75, 3.05) is 0 Å². The second kappa shape index (κ2) is 5.11. The van der Waals surface area contributed by atoms with Gasteiger partial charge in [-0.15, -0.1) is 11.6 Å². The van der Waals surface area contributed by atoms with Crippen LogP contribution in [-0.2, 0) is 0 Å². The first-order chi connectivity index (χ1) is 9.97. The van der Waals surface area contributed by atoms with Gasteiger partial charge in [-0.25, -0.2) is 14.4 Å². The number of fused-ring (bicyclic) bond motifs is 1. The van der Waals surface area contributed by atoms with Crippen molar-refractivity contribution < 1.29 is 4.39 Å². The molecule has 2 aromatic heterocycles. The summed E-state index contributed by atoms with van der Waals surface area (Å²) in [4.78, 5) is 9.06. The summed E-state index contributed by atoms with van der Waals surface area (Å²) >= 11 is 6.27. The van der Waals surface area contributed by atoms with Crippen molar-refractivity contribution in [3.8, 4) is 5.69 Å². The minimum atomic E-state index is -0.274. The molecule has 3 rings (SSSR count). The van der Waals surface area contributed by atoms with Gasteiger partial charge in [0.05, 0.1) is 11.1 Å². The Balaban J connectivity index is 2.36. The predicted molar refractivity (Wildman–Crippen MR) is 82.6 cm³/mol. The van der Waals surface area contributed by atoms with Gasteiger partial charge in [0.25, 0.3) is 0 Å². The zero-order valence-corrected chi connectivity index (χ0v) is 12.8. The van der Waals surface area contributed by atoms with E-state index < -0.39 is 0 Å². The fourth-order valence-electron chi connectivity index (χ4n) is 2.46. The van der Waals surface area contributed by atoms with Crippen molar-refractivity contribution >= 4 is 22.8 Å². The van der Waals surface area contributed by atoms with Gasteiger partial charge in [0.1, 0.15) is 17.2 Å². The van der Waals surface area contributed by atoms with Crippen LogP contribution in [0.4, 0.5) is 4.39 Å². The van der Waals surface area contributed by atoms with E-state index in [2.05, 4.69) is 9.97 Å². The number of rotatable bonds is 2. The number of aryl methyl sites for hydroxylation is 2. The van der Waals surface area contributed by atoms with E-state index in [1.165, 1.54) is 12.1 Å². The van der Waals surface area contributed by atoms with Crippen molar-refractivity contribution in [3.63, 3.8) is 0 Å². The topological polar surface area (TPSA) is 30.7 Å². The molecule has 1 unspecified atom stereocenters. The van der Waals surface area contributed by atoms with Gasteiger partial charge in [0.15, 0.2) is 5.65 Å². The van der Waals surface area contributed by atoms with Crippen LogP contribution >= 0.6 is 11.6 Å². The first-order valence-corrected chi connectivity index (χ1v) is 7.16. The number of aromatic nitrogens is 3. The van der Waals surface area contributed by atoms with Crippen LogP contribution in [0.2, 0.25) is 0 Å². The quantitative estimate of drug-likeness (QED) is 0.654. The second-order valence-corrected chi connectivity index (χ2v) is 5.86. The highest BCUT2D eigenvalue weighted by molar-refractivity contribution is 6.20. The molecular formula is C16H15ClFN3. The van der Waals surface area contributed by atoms with Gasteiger partial charge in [0.2, 0.25) is 0 Å². The van der Waals surface area contributed by atoms with Crippen LogP contribution in [0.15, 0.2) is 30.5 Å². The summed E-state index contributed by atoms with van der Waals surface area (Å²) in [5, 5.41) is -0.274. The minimum Gasteiger partial charge on any atom is -0.279 e. The van der Waals surface area contributed by atoms with E-state index in [0.29, 0.717) is 5.82 Å². The van der Waals surface area contributed by atoms with Gasteiger partial charge in [-0.1, -0.05) is 0 Å². The summed E-state index contributed by atoms with van der Waals surface area (Å²) in [6.45, 7) is 5.70. The molecule has 0 fully saturated rings. The summed E-state index contributed by atoms with van der Waals surface area (Å²) in [6, 6.07) is 6.64. The minimum absolute atomic E-state index is 0.259. The maximum atomic E-state index is 13.3. The average Bonchev–Trinajstić information content (AvgIpc) is 2.77. The predicted octanol–water partition coefficient (Wildman–Crippen LogP) is 4.48. The molecule has 0 amide bonds. The molecule has 5 heteroatoms. The molecule has 1 atom stereocenters. The first-order valence-electron chi connectivity index (χ1n) is 6.73. The van der Waals surface area contributed by atoms with Gasteiger partial charge in [-0.2, -0.15) is 0 Å². The molecule has 0 saturated heterocycles. The van der Waals surface area contributed by atoms with E-state index in [0.717, 1.165) is 28.0 Å². The van der Waals surface area contributed by atoms with Gasteiger partial charge in [0, 0.05) is 6.20 Å². The van der Waals surface area contributed by atoms with E-state index >= 15 is 0 Å². The molecule has 0 spiro atoms. The largest absolute Gasteiger partial charge is 0.279 e. The highest BCUT2D eigenvalue weighted by Gasteiger charge is 2.18. The molecule has 21 heavy (non-hydrogen) atoms. The van der Waals surface area contributed by atoms with Crippen molar-refractivity contribution in [3.05, 3.63) is 53.2 Å². The number of pyridine rings is 1. The smallest absolute Gasteiger partial charge is 0.164 e. The monoisotopic (exact) mass is 303 g/mol. The lowest BCUT2D eigenvalue weighted by Gasteiger charge is -2.12. The summed E-state index contributed by atoms with van der Waals surface area (Å²) < 4.78 is 15.3. The lowest BCUT2D eigenvalue weighted by Crippen LogP contribution is -2.04. The maximum Gasteiger partial charge on any atom is 0.164 e. The Labute approximate surface area is 127 Å². The molecular weight excluding hydrogens is 289 g/mol. The van der Waals surface area contributed by atoms with Gasteiger partial charge >= 0.3 is 0 Å². The molecule has 3 nitrogen and oxygen atoms in total. The van der Waals surface area contributed by atoms with Crippen LogP contribution < -0.4 is 0 Å². The first kappa shape index (κ1) is 14.0. The molecule has 0 bridgehead atoms. The lowest BCUT2D eigenvalue weighted by atomic mass is 10.2. The zero-order chi connectivity index (χ0) is 15.1.